The Morgan fingerprint density at radius 3 is 2.71 bits per heavy atom. The number of nitrogens with one attached hydrogen (secondary N) is 1. The molecule has 9 heteroatoms. The zero-order valence-electron chi connectivity index (χ0n) is 17.5. The molecule has 4 rings (SSSR count). The highest BCUT2D eigenvalue weighted by Gasteiger charge is 2.21. The van der Waals surface area contributed by atoms with Crippen molar-refractivity contribution < 1.29 is 9.21 Å². The summed E-state index contributed by atoms with van der Waals surface area (Å²) in [6, 6.07) is 13.5. The minimum atomic E-state index is -0.358. The van der Waals surface area contributed by atoms with E-state index in [2.05, 4.69) is 26.8 Å². The quantitative estimate of drug-likeness (QED) is 0.517. The van der Waals surface area contributed by atoms with Crippen LogP contribution in [0.15, 0.2) is 47.1 Å². The first-order valence-electron chi connectivity index (χ1n) is 9.73. The Bertz CT molecular complexity index is 1280. The molecule has 4 aromatic rings. The van der Waals surface area contributed by atoms with Crippen molar-refractivity contribution in [2.75, 3.05) is 5.32 Å². The third-order valence-electron chi connectivity index (χ3n) is 5.22. The molecule has 1 aromatic carbocycles. The van der Waals surface area contributed by atoms with Crippen molar-refractivity contribution in [3.05, 3.63) is 70.8 Å². The Balaban J connectivity index is 1.56. The molecule has 0 aliphatic heterocycles. The minimum absolute atomic E-state index is 0.131. The van der Waals surface area contributed by atoms with Gasteiger partial charge in [0, 0.05) is 11.3 Å². The van der Waals surface area contributed by atoms with Gasteiger partial charge in [0.15, 0.2) is 0 Å². The molecule has 0 aliphatic carbocycles. The van der Waals surface area contributed by atoms with E-state index in [4.69, 9.17) is 4.42 Å². The van der Waals surface area contributed by atoms with Crippen molar-refractivity contribution in [1.82, 2.24) is 24.8 Å². The summed E-state index contributed by atoms with van der Waals surface area (Å²) in [6.45, 7) is 5.99. The first kappa shape index (κ1) is 20.1. The lowest BCUT2D eigenvalue weighted by Gasteiger charge is -2.11. The maximum atomic E-state index is 12.8. The second kappa shape index (κ2) is 8.28. The molecule has 0 saturated heterocycles. The third kappa shape index (κ3) is 3.96. The Hall–Kier alpha value is -4.19. The van der Waals surface area contributed by atoms with Crippen LogP contribution in [0, 0.1) is 32.1 Å². The smallest absolute Gasteiger partial charge is 0.249 e. The highest BCUT2D eigenvalue weighted by Crippen LogP contribution is 2.27. The van der Waals surface area contributed by atoms with Gasteiger partial charge in [-0.15, -0.1) is 10.2 Å². The largest absolute Gasteiger partial charge is 0.467 e. The molecule has 0 unspecified atom stereocenters. The van der Waals surface area contributed by atoms with E-state index in [1.54, 1.807) is 12.3 Å². The first-order chi connectivity index (χ1) is 15.0. The summed E-state index contributed by atoms with van der Waals surface area (Å²) in [7, 11) is 0. The summed E-state index contributed by atoms with van der Waals surface area (Å²) in [6.07, 6.45) is 1.59. The second-order valence-corrected chi connectivity index (χ2v) is 7.22. The number of nitriles is 1. The van der Waals surface area contributed by atoms with Crippen LogP contribution in [0.1, 0.15) is 28.1 Å². The van der Waals surface area contributed by atoms with E-state index in [1.807, 2.05) is 55.7 Å². The molecule has 0 saturated carbocycles. The van der Waals surface area contributed by atoms with Crippen LogP contribution < -0.4 is 5.32 Å². The van der Waals surface area contributed by atoms with E-state index in [1.165, 1.54) is 4.80 Å². The topological polar surface area (TPSA) is 115 Å². The summed E-state index contributed by atoms with van der Waals surface area (Å²) in [4.78, 5) is 14.0. The maximum absolute atomic E-state index is 12.8. The van der Waals surface area contributed by atoms with Crippen molar-refractivity contribution >= 4 is 11.7 Å². The highest BCUT2D eigenvalue weighted by molar-refractivity contribution is 5.91. The highest BCUT2D eigenvalue weighted by atomic mass is 16.3. The monoisotopic (exact) mass is 415 g/mol. The second-order valence-electron chi connectivity index (χ2n) is 7.22. The number of anilines is 1. The molecular formula is C22H21N7O2. The molecule has 0 atom stereocenters. The molecule has 1 N–H and O–H groups in total. The predicted octanol–water partition coefficient (Wildman–Crippen LogP) is 3.22. The first-order valence-corrected chi connectivity index (χ1v) is 9.73. The molecular weight excluding hydrogens is 394 g/mol. The third-order valence-corrected chi connectivity index (χ3v) is 5.22. The van der Waals surface area contributed by atoms with Crippen molar-refractivity contribution in [3.8, 4) is 17.5 Å². The maximum Gasteiger partial charge on any atom is 0.249 e. The van der Waals surface area contributed by atoms with Crippen LogP contribution in [-0.2, 0) is 17.9 Å². The average Bonchev–Trinajstić information content (AvgIpc) is 3.47. The number of amides is 1. The average molecular weight is 415 g/mol. The van der Waals surface area contributed by atoms with Gasteiger partial charge in [0.25, 0.3) is 0 Å². The summed E-state index contributed by atoms with van der Waals surface area (Å²) >= 11 is 0. The fourth-order valence-corrected chi connectivity index (χ4v) is 3.43. The number of carbonyl (C=O) groups is 1. The van der Waals surface area contributed by atoms with Gasteiger partial charge in [-0.3, -0.25) is 4.79 Å². The Morgan fingerprint density at radius 2 is 2.00 bits per heavy atom. The van der Waals surface area contributed by atoms with E-state index in [9.17, 15) is 10.1 Å². The van der Waals surface area contributed by atoms with Crippen molar-refractivity contribution in [2.45, 2.75) is 33.9 Å². The van der Waals surface area contributed by atoms with Gasteiger partial charge < -0.3 is 14.3 Å². The van der Waals surface area contributed by atoms with Crippen LogP contribution >= 0.6 is 0 Å². The number of rotatable bonds is 6. The van der Waals surface area contributed by atoms with Gasteiger partial charge in [-0.1, -0.05) is 24.3 Å². The number of furan rings is 1. The number of benzene rings is 1. The summed E-state index contributed by atoms with van der Waals surface area (Å²) in [5, 5.41) is 24.9. The van der Waals surface area contributed by atoms with E-state index in [-0.39, 0.29) is 12.5 Å². The Labute approximate surface area is 178 Å². The van der Waals surface area contributed by atoms with Crippen molar-refractivity contribution in [1.29, 1.82) is 5.26 Å². The number of aromatic nitrogens is 5. The number of aryl methyl sites for hydroxylation is 1. The molecule has 9 nitrogen and oxygen atoms in total. The molecule has 0 spiro atoms. The van der Waals surface area contributed by atoms with Gasteiger partial charge in [-0.2, -0.15) is 10.1 Å². The molecule has 31 heavy (non-hydrogen) atoms. The number of hydrogen-bond acceptors (Lipinski definition) is 6. The number of tetrazole rings is 1. The summed E-state index contributed by atoms with van der Waals surface area (Å²) in [5.74, 6) is 1.25. The van der Waals surface area contributed by atoms with Gasteiger partial charge in [0.05, 0.1) is 18.4 Å². The summed E-state index contributed by atoms with van der Waals surface area (Å²) < 4.78 is 7.30. The van der Waals surface area contributed by atoms with E-state index < -0.39 is 0 Å². The van der Waals surface area contributed by atoms with Crippen LogP contribution in [0.5, 0.6) is 0 Å². The Morgan fingerprint density at radius 1 is 1.19 bits per heavy atom. The normalized spacial score (nSPS) is 10.8. The van der Waals surface area contributed by atoms with Crippen molar-refractivity contribution in [2.24, 2.45) is 0 Å². The molecule has 0 radical (unpaired) electrons. The minimum Gasteiger partial charge on any atom is -0.467 e. The summed E-state index contributed by atoms with van der Waals surface area (Å²) in [5.41, 5.74) is 3.99. The van der Waals surface area contributed by atoms with Crippen LogP contribution in [-0.4, -0.2) is 30.7 Å². The molecule has 0 bridgehead atoms. The Kier molecular flexibility index (Phi) is 5.37. The predicted molar refractivity (Wildman–Crippen MR) is 113 cm³/mol. The number of hydrogen-bond donors (Lipinski definition) is 1. The van der Waals surface area contributed by atoms with Gasteiger partial charge >= 0.3 is 0 Å². The lowest BCUT2D eigenvalue weighted by atomic mass is 10.1. The SMILES string of the molecule is Cc1ccccc1-c1nnn(CC(=O)Nc2c(C#N)c(C)c(C)n2Cc2ccco2)n1. The van der Waals surface area contributed by atoms with Gasteiger partial charge in [-0.05, 0) is 49.2 Å². The van der Waals surface area contributed by atoms with Crippen LogP contribution in [0.4, 0.5) is 5.82 Å². The fraction of sp³-hybridized carbons (Fsp3) is 0.227. The lowest BCUT2D eigenvalue weighted by molar-refractivity contribution is -0.117. The molecule has 0 aliphatic rings. The molecule has 156 valence electrons. The van der Waals surface area contributed by atoms with E-state index in [0.717, 1.165) is 28.1 Å². The zero-order valence-corrected chi connectivity index (χ0v) is 17.5. The lowest BCUT2D eigenvalue weighted by Crippen LogP contribution is -2.23. The number of nitrogens with zero attached hydrogens (tertiary/aromatic N) is 6. The molecule has 1 amide bonds. The van der Waals surface area contributed by atoms with Gasteiger partial charge in [0.2, 0.25) is 11.7 Å². The standard InChI is InChI=1S/C22H21N7O2/c1-14-7-4-5-9-18(14)21-25-27-29(26-21)13-20(30)24-22-19(11-23)15(2)16(3)28(22)12-17-8-6-10-31-17/h4-10H,12-13H2,1-3H3,(H,24,30). The van der Waals surface area contributed by atoms with E-state index in [0.29, 0.717) is 23.8 Å². The van der Waals surface area contributed by atoms with Crippen LogP contribution in [0.3, 0.4) is 0 Å². The molecule has 0 fully saturated rings. The van der Waals surface area contributed by atoms with Crippen molar-refractivity contribution in [3.63, 3.8) is 0 Å². The molecule has 3 heterocycles. The van der Waals surface area contributed by atoms with E-state index >= 15 is 0 Å². The fourth-order valence-electron chi connectivity index (χ4n) is 3.43. The van der Waals surface area contributed by atoms with Gasteiger partial charge in [-0.25, -0.2) is 0 Å². The molecule has 3 aromatic heterocycles. The van der Waals surface area contributed by atoms with Crippen LogP contribution in [0.2, 0.25) is 0 Å². The number of carbonyl (C=O) groups excluding carboxylic acids is 1. The van der Waals surface area contributed by atoms with Crippen LogP contribution in [0.25, 0.3) is 11.4 Å². The van der Waals surface area contributed by atoms with Gasteiger partial charge in [0.1, 0.15) is 24.2 Å². The zero-order chi connectivity index (χ0) is 22.0.